The van der Waals surface area contributed by atoms with Crippen molar-refractivity contribution < 1.29 is 28.6 Å². The normalized spacial score (nSPS) is 15.3. The van der Waals surface area contributed by atoms with E-state index in [-0.39, 0.29) is 25.5 Å². The largest absolute Gasteiger partial charge is 0.464 e. The first-order chi connectivity index (χ1) is 18.3. The van der Waals surface area contributed by atoms with E-state index in [9.17, 15) is 14.4 Å². The number of carbonyl (C=O) groups is 3. The van der Waals surface area contributed by atoms with Crippen molar-refractivity contribution in [3.05, 3.63) is 35.9 Å². The number of nitrogens with zero attached hydrogens (tertiary/aromatic N) is 1. The van der Waals surface area contributed by atoms with Gasteiger partial charge in [0.25, 0.3) is 0 Å². The topological polar surface area (TPSA) is 94.2 Å². The molecule has 1 fully saturated rings. The average molecular weight is 563 g/mol. The van der Waals surface area contributed by atoms with Crippen molar-refractivity contribution in [3.8, 4) is 0 Å². The van der Waals surface area contributed by atoms with Gasteiger partial charge in [0.2, 0.25) is 5.91 Å². The first-order valence-electron chi connectivity index (χ1n) is 14.4. The highest BCUT2D eigenvalue weighted by atomic mass is 28.3. The molecule has 1 aliphatic rings. The fourth-order valence-electron chi connectivity index (χ4n) is 4.43. The third kappa shape index (κ3) is 14.5. The van der Waals surface area contributed by atoms with E-state index in [2.05, 4.69) is 25.1 Å². The molecule has 2 amide bonds. The standard InChI is InChI=1S/C30H50N2O6Si/c1-30(2,3)38-29(35)31-32(27(33)18-17-24-13-9-7-10-14-24)20-19-26(28(34)36-21-22-39(4,5)6)37-23-25-15-11-8-12-16-25/h8,11-12,15-16,24,26H,7,9-10,13-14,17-23H2,1-6H3,(H,31,35)/t26-/m0/s1. The zero-order chi connectivity index (χ0) is 28.9. The molecule has 0 saturated heterocycles. The molecule has 1 N–H and O–H groups in total. The molecular weight excluding hydrogens is 512 g/mol. The van der Waals surface area contributed by atoms with Gasteiger partial charge in [-0.25, -0.2) is 15.0 Å². The van der Waals surface area contributed by atoms with Gasteiger partial charge in [-0.1, -0.05) is 82.1 Å². The Balaban J connectivity index is 2.07. The van der Waals surface area contributed by atoms with Gasteiger partial charge in [0.05, 0.1) is 13.2 Å². The average Bonchev–Trinajstić information content (AvgIpc) is 2.85. The Labute approximate surface area is 236 Å². The summed E-state index contributed by atoms with van der Waals surface area (Å²) in [6, 6.07) is 10.5. The van der Waals surface area contributed by atoms with Crippen LogP contribution in [0.4, 0.5) is 4.79 Å². The molecule has 0 bridgehead atoms. The van der Waals surface area contributed by atoms with Gasteiger partial charge in [0.1, 0.15) is 5.60 Å². The minimum absolute atomic E-state index is 0.103. The van der Waals surface area contributed by atoms with Crippen molar-refractivity contribution in [2.45, 2.75) is 116 Å². The van der Waals surface area contributed by atoms with Gasteiger partial charge in [0, 0.05) is 27.5 Å². The first kappa shape index (κ1) is 32.8. The number of nitrogens with one attached hydrogen (secondary N) is 1. The fourth-order valence-corrected chi connectivity index (χ4v) is 5.14. The molecule has 8 nitrogen and oxygen atoms in total. The van der Waals surface area contributed by atoms with Crippen LogP contribution in [0.1, 0.15) is 77.7 Å². The lowest BCUT2D eigenvalue weighted by Gasteiger charge is -2.28. The van der Waals surface area contributed by atoms with E-state index >= 15 is 0 Å². The van der Waals surface area contributed by atoms with Gasteiger partial charge in [-0.2, -0.15) is 0 Å². The molecule has 0 aromatic heterocycles. The highest BCUT2D eigenvalue weighted by Gasteiger charge is 2.27. The van der Waals surface area contributed by atoms with Crippen LogP contribution in [0.5, 0.6) is 0 Å². The maximum atomic E-state index is 13.2. The van der Waals surface area contributed by atoms with E-state index in [1.807, 2.05) is 30.3 Å². The number of ether oxygens (including phenoxy) is 3. The first-order valence-corrected chi connectivity index (χ1v) is 18.2. The van der Waals surface area contributed by atoms with Crippen molar-refractivity contribution >= 4 is 26.0 Å². The van der Waals surface area contributed by atoms with Gasteiger partial charge >= 0.3 is 12.1 Å². The number of amides is 2. The van der Waals surface area contributed by atoms with Crippen LogP contribution in [-0.2, 0) is 30.4 Å². The maximum Gasteiger partial charge on any atom is 0.426 e. The van der Waals surface area contributed by atoms with Crippen LogP contribution >= 0.6 is 0 Å². The number of carbonyl (C=O) groups excluding carboxylic acids is 3. The molecule has 1 aromatic carbocycles. The number of benzene rings is 1. The molecule has 0 spiro atoms. The van der Waals surface area contributed by atoms with Gasteiger partial charge in [-0.15, -0.1) is 0 Å². The summed E-state index contributed by atoms with van der Waals surface area (Å²) < 4.78 is 17.0. The van der Waals surface area contributed by atoms with Crippen molar-refractivity contribution in [1.82, 2.24) is 10.4 Å². The summed E-state index contributed by atoms with van der Waals surface area (Å²) in [4.78, 5) is 38.8. The van der Waals surface area contributed by atoms with E-state index < -0.39 is 31.8 Å². The van der Waals surface area contributed by atoms with Crippen LogP contribution in [0.2, 0.25) is 25.7 Å². The van der Waals surface area contributed by atoms with Crippen LogP contribution in [0.3, 0.4) is 0 Å². The number of esters is 1. The van der Waals surface area contributed by atoms with Crippen molar-refractivity contribution in [2.75, 3.05) is 13.2 Å². The zero-order valence-corrected chi connectivity index (χ0v) is 25.9. The Morgan fingerprint density at radius 1 is 1.05 bits per heavy atom. The SMILES string of the molecule is CC(C)(C)OC(=O)NN(CC[C@H](OCc1ccccc1)C(=O)OCC[Si](C)(C)C)C(=O)CCC1CCCCC1. The predicted molar refractivity (Wildman–Crippen MR) is 156 cm³/mol. The molecule has 1 saturated carbocycles. The Hall–Kier alpha value is -2.39. The number of hydrazine groups is 1. The summed E-state index contributed by atoms with van der Waals surface area (Å²) in [6.45, 7) is 12.7. The predicted octanol–water partition coefficient (Wildman–Crippen LogP) is 6.47. The van der Waals surface area contributed by atoms with Crippen molar-refractivity contribution in [1.29, 1.82) is 0 Å². The summed E-state index contributed by atoms with van der Waals surface area (Å²) in [5.41, 5.74) is 2.84. The number of rotatable bonds is 13. The van der Waals surface area contributed by atoms with E-state index in [1.54, 1.807) is 20.8 Å². The highest BCUT2D eigenvalue weighted by Crippen LogP contribution is 2.27. The minimum Gasteiger partial charge on any atom is -0.464 e. The summed E-state index contributed by atoms with van der Waals surface area (Å²) in [5.74, 6) is -0.106. The highest BCUT2D eigenvalue weighted by molar-refractivity contribution is 6.76. The number of hydrogen-bond acceptors (Lipinski definition) is 6. The molecule has 0 aliphatic heterocycles. The minimum atomic E-state index is -1.38. The van der Waals surface area contributed by atoms with Crippen LogP contribution in [0.25, 0.3) is 0 Å². The zero-order valence-electron chi connectivity index (χ0n) is 24.9. The summed E-state index contributed by atoms with van der Waals surface area (Å²) in [6.07, 6.45) is 5.69. The molecule has 220 valence electrons. The quantitative estimate of drug-likeness (QED) is 0.168. The Morgan fingerprint density at radius 3 is 2.33 bits per heavy atom. The molecule has 1 aliphatic carbocycles. The molecule has 0 radical (unpaired) electrons. The van der Waals surface area contributed by atoms with Gasteiger partial charge in [-0.3, -0.25) is 9.80 Å². The monoisotopic (exact) mass is 562 g/mol. The third-order valence-corrected chi connectivity index (χ3v) is 8.39. The lowest BCUT2D eigenvalue weighted by atomic mass is 9.86. The van der Waals surface area contributed by atoms with Gasteiger partial charge in [-0.05, 0) is 44.7 Å². The van der Waals surface area contributed by atoms with Crippen LogP contribution in [-0.4, -0.2) is 55.9 Å². The van der Waals surface area contributed by atoms with Gasteiger partial charge in [0.15, 0.2) is 6.10 Å². The summed E-state index contributed by atoms with van der Waals surface area (Å²) in [7, 11) is -1.38. The third-order valence-electron chi connectivity index (χ3n) is 6.69. The second-order valence-corrected chi connectivity index (χ2v) is 18.4. The lowest BCUT2D eigenvalue weighted by Crippen LogP contribution is -2.49. The molecular formula is C30H50N2O6Si. The second kappa shape index (κ2) is 16.0. The Morgan fingerprint density at radius 2 is 1.72 bits per heavy atom. The molecule has 0 heterocycles. The fraction of sp³-hybridized carbons (Fsp3) is 0.700. The molecule has 1 atom stereocenters. The van der Waals surface area contributed by atoms with Crippen molar-refractivity contribution in [3.63, 3.8) is 0 Å². The molecule has 9 heteroatoms. The van der Waals surface area contributed by atoms with Gasteiger partial charge < -0.3 is 14.2 Å². The molecule has 0 unspecified atom stereocenters. The maximum absolute atomic E-state index is 13.2. The van der Waals surface area contributed by atoms with Crippen molar-refractivity contribution in [2.24, 2.45) is 5.92 Å². The number of hydrogen-bond donors (Lipinski definition) is 1. The molecule has 2 rings (SSSR count). The van der Waals surface area contributed by atoms with E-state index in [0.717, 1.165) is 30.9 Å². The molecule has 39 heavy (non-hydrogen) atoms. The van der Waals surface area contributed by atoms with Crippen LogP contribution in [0.15, 0.2) is 30.3 Å². The Bertz CT molecular complexity index is 891. The Kier molecular flexibility index (Phi) is 13.5. The molecule has 1 aromatic rings. The van der Waals surface area contributed by atoms with E-state index in [0.29, 0.717) is 18.9 Å². The lowest BCUT2D eigenvalue weighted by molar-refractivity contribution is -0.159. The van der Waals surface area contributed by atoms with Crippen LogP contribution < -0.4 is 5.43 Å². The van der Waals surface area contributed by atoms with Crippen LogP contribution in [0, 0.1) is 5.92 Å². The second-order valence-electron chi connectivity index (χ2n) is 12.8. The van der Waals surface area contributed by atoms with E-state index in [4.69, 9.17) is 14.2 Å². The summed E-state index contributed by atoms with van der Waals surface area (Å²) in [5, 5.41) is 1.28. The summed E-state index contributed by atoms with van der Waals surface area (Å²) >= 11 is 0. The smallest absolute Gasteiger partial charge is 0.426 e. The van der Waals surface area contributed by atoms with E-state index in [1.165, 1.54) is 24.3 Å².